The number of imidazole rings is 2. The van der Waals surface area contributed by atoms with Crippen molar-refractivity contribution in [1.82, 2.24) is 30.6 Å². The molecule has 39 heavy (non-hydrogen) atoms. The number of benzene rings is 3. The summed E-state index contributed by atoms with van der Waals surface area (Å²) in [5, 5.41) is 7.07. The Morgan fingerprint density at radius 3 is 2.31 bits per heavy atom. The third-order valence-corrected chi connectivity index (χ3v) is 9.36. The maximum Gasteiger partial charge on any atom is 0.127 e. The zero-order valence-corrected chi connectivity index (χ0v) is 22.4. The Hall–Kier alpha value is -3.74. The first kappa shape index (κ1) is 23.2. The van der Waals surface area contributed by atoms with Crippen LogP contribution in [0.15, 0.2) is 60.7 Å². The number of rotatable bonds is 5. The molecule has 1 saturated carbocycles. The van der Waals surface area contributed by atoms with Crippen molar-refractivity contribution >= 4 is 11.0 Å². The van der Waals surface area contributed by atoms with E-state index >= 15 is 0 Å². The summed E-state index contributed by atoms with van der Waals surface area (Å²) in [5.41, 5.74) is 12.2. The van der Waals surface area contributed by atoms with Gasteiger partial charge in [-0.05, 0) is 98.5 Å². The maximum atomic E-state index is 5.04. The Labute approximate surface area is 228 Å². The molecule has 0 amide bonds. The normalized spacial score (nSPS) is 19.6. The van der Waals surface area contributed by atoms with Crippen molar-refractivity contribution < 1.29 is 0 Å². The minimum atomic E-state index is 0.0178. The third-order valence-electron chi connectivity index (χ3n) is 9.36. The van der Waals surface area contributed by atoms with Crippen LogP contribution in [0.5, 0.6) is 0 Å². The number of aromatic nitrogens is 4. The molecular weight excluding hydrogens is 480 g/mol. The largest absolute Gasteiger partial charge is 0.344 e. The van der Waals surface area contributed by atoms with Gasteiger partial charge in [0.2, 0.25) is 0 Å². The summed E-state index contributed by atoms with van der Waals surface area (Å²) in [5.74, 6) is 2.18. The van der Waals surface area contributed by atoms with Gasteiger partial charge in [-0.25, -0.2) is 9.97 Å². The molecular formula is C33H34N6. The van der Waals surface area contributed by atoms with Gasteiger partial charge in [-0.2, -0.15) is 0 Å². The summed E-state index contributed by atoms with van der Waals surface area (Å²) < 4.78 is 0. The third kappa shape index (κ3) is 3.77. The quantitative estimate of drug-likeness (QED) is 0.219. The summed E-state index contributed by atoms with van der Waals surface area (Å²) in [7, 11) is 2.04. The summed E-state index contributed by atoms with van der Waals surface area (Å²) in [6.07, 6.45) is 8.01. The highest BCUT2D eigenvalue weighted by molar-refractivity contribution is 5.83. The topological polar surface area (TPSA) is 81.4 Å². The van der Waals surface area contributed by atoms with E-state index in [0.717, 1.165) is 60.6 Å². The number of fused-ring (bicyclic) bond motifs is 4. The highest BCUT2D eigenvalue weighted by Gasteiger charge is 2.39. The Morgan fingerprint density at radius 1 is 0.821 bits per heavy atom. The molecule has 0 unspecified atom stereocenters. The lowest BCUT2D eigenvalue weighted by Gasteiger charge is -2.39. The minimum Gasteiger partial charge on any atom is -0.344 e. The molecule has 1 atom stereocenters. The van der Waals surface area contributed by atoms with Crippen LogP contribution in [-0.4, -0.2) is 33.5 Å². The van der Waals surface area contributed by atoms with Crippen LogP contribution in [0.2, 0.25) is 0 Å². The number of nitrogens with zero attached hydrogens (tertiary/aromatic N) is 2. The molecule has 0 bridgehead atoms. The van der Waals surface area contributed by atoms with Crippen LogP contribution < -0.4 is 10.6 Å². The fraction of sp³-hybridized carbons (Fsp3) is 0.333. The molecule has 5 aromatic rings. The van der Waals surface area contributed by atoms with Crippen LogP contribution in [0, 0.1) is 0 Å². The number of H-pyrrole nitrogens is 2. The van der Waals surface area contributed by atoms with Gasteiger partial charge in [-0.15, -0.1) is 0 Å². The van der Waals surface area contributed by atoms with Gasteiger partial charge in [-0.3, -0.25) is 0 Å². The van der Waals surface area contributed by atoms with E-state index < -0.39 is 0 Å². The second-order valence-electron chi connectivity index (χ2n) is 11.6. The molecule has 4 N–H and O–H groups in total. The predicted octanol–water partition coefficient (Wildman–Crippen LogP) is 6.41. The zero-order valence-electron chi connectivity index (χ0n) is 22.4. The van der Waals surface area contributed by atoms with Gasteiger partial charge in [-0.1, -0.05) is 48.5 Å². The molecule has 3 aromatic carbocycles. The molecule has 3 heterocycles. The van der Waals surface area contributed by atoms with Crippen molar-refractivity contribution in [2.45, 2.75) is 56.5 Å². The summed E-state index contributed by atoms with van der Waals surface area (Å²) in [6, 6.07) is 22.8. The second kappa shape index (κ2) is 8.90. The van der Waals surface area contributed by atoms with Crippen molar-refractivity contribution in [1.29, 1.82) is 0 Å². The number of hydrogen-bond acceptors (Lipinski definition) is 4. The lowest BCUT2D eigenvalue weighted by molar-refractivity contribution is 0.189. The molecule has 0 radical (unpaired) electrons. The van der Waals surface area contributed by atoms with Crippen LogP contribution >= 0.6 is 0 Å². The Balaban J connectivity index is 1.06. The summed E-state index contributed by atoms with van der Waals surface area (Å²) in [4.78, 5) is 17.2. The van der Waals surface area contributed by atoms with Crippen molar-refractivity contribution in [2.75, 3.05) is 13.6 Å². The summed E-state index contributed by atoms with van der Waals surface area (Å²) >= 11 is 0. The van der Waals surface area contributed by atoms with Gasteiger partial charge in [0, 0.05) is 11.3 Å². The second-order valence-corrected chi connectivity index (χ2v) is 11.6. The van der Waals surface area contributed by atoms with Gasteiger partial charge >= 0.3 is 0 Å². The molecule has 2 aliphatic carbocycles. The molecule has 2 fully saturated rings. The average molecular weight is 515 g/mol. The molecule has 6 heteroatoms. The number of hydrogen-bond donors (Lipinski definition) is 4. The average Bonchev–Trinajstić information content (AvgIpc) is 3.72. The van der Waals surface area contributed by atoms with E-state index in [4.69, 9.17) is 9.97 Å². The smallest absolute Gasteiger partial charge is 0.127 e. The van der Waals surface area contributed by atoms with Crippen molar-refractivity contribution in [3.8, 4) is 33.5 Å². The van der Waals surface area contributed by atoms with E-state index in [1.165, 1.54) is 58.3 Å². The lowest BCUT2D eigenvalue weighted by atomic mass is 9.76. The molecule has 1 aliphatic heterocycles. The Kier molecular flexibility index (Phi) is 5.29. The monoisotopic (exact) mass is 514 g/mol. The molecule has 1 saturated heterocycles. The van der Waals surface area contributed by atoms with Gasteiger partial charge in [0.25, 0.3) is 0 Å². The van der Waals surface area contributed by atoms with Crippen molar-refractivity contribution in [3.63, 3.8) is 0 Å². The van der Waals surface area contributed by atoms with E-state index in [0.29, 0.717) is 6.04 Å². The van der Waals surface area contributed by atoms with Crippen LogP contribution in [-0.2, 0) is 18.4 Å². The molecule has 6 nitrogen and oxygen atoms in total. The molecule has 3 aliphatic rings. The first-order valence-electron chi connectivity index (χ1n) is 14.4. The predicted molar refractivity (Wildman–Crippen MR) is 157 cm³/mol. The zero-order chi connectivity index (χ0) is 26.0. The SMILES string of the molecule is CNC1(c2nc3ccc(-c4ccc(-c5ccc6c(c5)CCc5[nH]c([C@@H]7CCCN7)nc5-6)cc4)cc3[nH]2)CCC1. The van der Waals surface area contributed by atoms with Gasteiger partial charge < -0.3 is 20.6 Å². The lowest BCUT2D eigenvalue weighted by Crippen LogP contribution is -2.46. The first-order chi connectivity index (χ1) is 19.2. The van der Waals surface area contributed by atoms with Crippen LogP contribution in [0.1, 0.15) is 61.1 Å². The van der Waals surface area contributed by atoms with E-state index in [-0.39, 0.29) is 5.54 Å². The van der Waals surface area contributed by atoms with Crippen LogP contribution in [0.25, 0.3) is 44.5 Å². The first-order valence-corrected chi connectivity index (χ1v) is 14.4. The molecule has 0 spiro atoms. The highest BCUT2D eigenvalue weighted by atomic mass is 15.1. The van der Waals surface area contributed by atoms with E-state index in [9.17, 15) is 0 Å². The number of aromatic amines is 2. The molecule has 8 rings (SSSR count). The fourth-order valence-corrected chi connectivity index (χ4v) is 6.79. The maximum absolute atomic E-state index is 5.04. The minimum absolute atomic E-state index is 0.0178. The van der Waals surface area contributed by atoms with Gasteiger partial charge in [0.05, 0.1) is 28.3 Å². The molecule has 2 aromatic heterocycles. The number of aryl methyl sites for hydroxylation is 2. The molecule has 196 valence electrons. The van der Waals surface area contributed by atoms with Crippen molar-refractivity contribution in [3.05, 3.63) is 83.6 Å². The van der Waals surface area contributed by atoms with Crippen molar-refractivity contribution in [2.24, 2.45) is 0 Å². The Bertz CT molecular complexity index is 1680. The van der Waals surface area contributed by atoms with Gasteiger partial charge in [0.1, 0.15) is 11.6 Å². The number of nitrogens with one attached hydrogen (secondary N) is 4. The summed E-state index contributed by atoms with van der Waals surface area (Å²) in [6.45, 7) is 1.09. The van der Waals surface area contributed by atoms with Gasteiger partial charge in [0.15, 0.2) is 0 Å². The van der Waals surface area contributed by atoms with E-state index in [2.05, 4.69) is 81.3 Å². The van der Waals surface area contributed by atoms with E-state index in [1.807, 2.05) is 7.05 Å². The highest BCUT2D eigenvalue weighted by Crippen LogP contribution is 2.40. The van der Waals surface area contributed by atoms with Crippen LogP contribution in [0.3, 0.4) is 0 Å². The van der Waals surface area contributed by atoms with E-state index in [1.54, 1.807) is 0 Å². The Morgan fingerprint density at radius 2 is 1.59 bits per heavy atom. The van der Waals surface area contributed by atoms with Crippen LogP contribution in [0.4, 0.5) is 0 Å². The fourth-order valence-electron chi connectivity index (χ4n) is 6.79. The standard InChI is InChI=1S/C33H34N6/c1-34-33(15-3-16-33)32-37-26-13-10-23(19-29(26)38-32)21-7-5-20(6-8-21)22-9-12-25-24(18-22)11-14-27-30(25)39-31(36-27)28-4-2-17-35-28/h5-10,12-13,18-19,28,34-35H,2-4,11,14-17H2,1H3,(H,36,39)(H,37,38)/t28-/m0/s1.